The van der Waals surface area contributed by atoms with Gasteiger partial charge in [0.1, 0.15) is 5.78 Å². The highest BCUT2D eigenvalue weighted by Crippen LogP contribution is 2.63. The van der Waals surface area contributed by atoms with E-state index >= 15 is 0 Å². The zero-order valence-electron chi connectivity index (χ0n) is 19.9. The Bertz CT molecular complexity index is 942. The Hall–Kier alpha value is -1.65. The molecular formula is C28H37NO3. The zero-order chi connectivity index (χ0) is 22.1. The Morgan fingerprint density at radius 3 is 2.44 bits per heavy atom. The third-order valence-corrected chi connectivity index (χ3v) is 9.67. The summed E-state index contributed by atoms with van der Waals surface area (Å²) in [4.78, 5) is 15.3. The second-order valence-electron chi connectivity index (χ2n) is 11.4. The molecular weight excluding hydrogens is 398 g/mol. The molecule has 4 nitrogen and oxygen atoms in total. The molecule has 172 valence electrons. The number of hydrogen-bond acceptors (Lipinski definition) is 4. The normalized spacial score (nSPS) is 37.9. The number of carbonyl (C=O) groups excluding carboxylic acids is 1. The monoisotopic (exact) mass is 435 g/mol. The fourth-order valence-corrected chi connectivity index (χ4v) is 8.06. The van der Waals surface area contributed by atoms with Crippen molar-refractivity contribution in [1.82, 2.24) is 0 Å². The van der Waals surface area contributed by atoms with Gasteiger partial charge in [-0.25, -0.2) is 0 Å². The summed E-state index contributed by atoms with van der Waals surface area (Å²) in [5.74, 6) is 2.25. The first-order valence-electron chi connectivity index (χ1n) is 12.7. The maximum absolute atomic E-state index is 13.1. The van der Waals surface area contributed by atoms with Gasteiger partial charge in [0.15, 0.2) is 5.79 Å². The minimum absolute atomic E-state index is 0.153. The van der Waals surface area contributed by atoms with Crippen molar-refractivity contribution in [2.24, 2.45) is 23.2 Å². The van der Waals surface area contributed by atoms with Crippen LogP contribution in [0.4, 0.5) is 5.69 Å². The lowest BCUT2D eigenvalue weighted by atomic mass is 9.52. The van der Waals surface area contributed by atoms with Crippen LogP contribution in [0.5, 0.6) is 0 Å². The lowest BCUT2D eigenvalue weighted by Crippen LogP contribution is -2.46. The molecule has 0 N–H and O–H groups in total. The van der Waals surface area contributed by atoms with Gasteiger partial charge in [-0.3, -0.25) is 4.79 Å². The van der Waals surface area contributed by atoms with Crippen LogP contribution in [0.25, 0.3) is 0 Å². The Balaban J connectivity index is 1.43. The molecule has 1 aliphatic heterocycles. The van der Waals surface area contributed by atoms with Gasteiger partial charge >= 0.3 is 0 Å². The van der Waals surface area contributed by atoms with Crippen LogP contribution in [0.15, 0.2) is 35.4 Å². The van der Waals surface area contributed by atoms with Gasteiger partial charge in [0.25, 0.3) is 0 Å². The lowest BCUT2D eigenvalue weighted by molar-refractivity contribution is -0.181. The first kappa shape index (κ1) is 20.9. The van der Waals surface area contributed by atoms with E-state index in [0.29, 0.717) is 29.5 Å². The third kappa shape index (κ3) is 3.05. The molecule has 6 rings (SSSR count). The number of ketones is 1. The highest BCUT2D eigenvalue weighted by molar-refractivity contribution is 5.87. The Kier molecular flexibility index (Phi) is 4.86. The number of allylic oxidation sites excluding steroid dienone is 2. The number of hydrogen-bond donors (Lipinski definition) is 0. The van der Waals surface area contributed by atoms with Crippen molar-refractivity contribution in [1.29, 1.82) is 0 Å². The minimum Gasteiger partial charge on any atom is -0.378 e. The van der Waals surface area contributed by atoms with Crippen LogP contribution in [0.3, 0.4) is 0 Å². The summed E-state index contributed by atoms with van der Waals surface area (Å²) < 4.78 is 12.2. The van der Waals surface area contributed by atoms with Crippen molar-refractivity contribution >= 4 is 11.5 Å². The molecule has 0 bridgehead atoms. The summed E-state index contributed by atoms with van der Waals surface area (Å²) >= 11 is 0. The van der Waals surface area contributed by atoms with Gasteiger partial charge in [0.2, 0.25) is 0 Å². The molecule has 3 unspecified atom stereocenters. The number of anilines is 1. The fraction of sp³-hybridized carbons (Fsp3) is 0.679. The molecule has 5 aliphatic rings. The largest absolute Gasteiger partial charge is 0.378 e. The highest BCUT2D eigenvalue weighted by Gasteiger charge is 2.57. The highest BCUT2D eigenvalue weighted by atomic mass is 16.7. The van der Waals surface area contributed by atoms with E-state index in [1.54, 1.807) is 11.1 Å². The molecule has 4 fully saturated rings. The molecule has 1 spiro atoms. The summed E-state index contributed by atoms with van der Waals surface area (Å²) in [5, 5.41) is 0. The Labute approximate surface area is 192 Å². The van der Waals surface area contributed by atoms with Crippen molar-refractivity contribution in [3.05, 3.63) is 41.0 Å². The molecule has 0 aromatic heterocycles. The average Bonchev–Trinajstić information content (AvgIpc) is 3.37. The molecule has 0 amide bonds. The second-order valence-corrected chi connectivity index (χ2v) is 11.4. The molecule has 1 saturated heterocycles. The van der Waals surface area contributed by atoms with E-state index in [0.717, 1.165) is 51.7 Å². The number of benzene rings is 1. The number of ether oxygens (including phenoxy) is 2. The fourth-order valence-electron chi connectivity index (χ4n) is 8.06. The number of nitrogens with zero attached hydrogens (tertiary/aromatic N) is 1. The molecule has 5 atom stereocenters. The van der Waals surface area contributed by atoms with E-state index in [1.165, 1.54) is 24.1 Å². The smallest absolute Gasteiger partial charge is 0.169 e. The first-order valence-corrected chi connectivity index (χ1v) is 12.7. The van der Waals surface area contributed by atoms with Crippen molar-refractivity contribution in [2.45, 2.75) is 70.0 Å². The van der Waals surface area contributed by atoms with Crippen LogP contribution < -0.4 is 4.90 Å². The average molecular weight is 436 g/mol. The maximum atomic E-state index is 13.1. The predicted molar refractivity (Wildman–Crippen MR) is 126 cm³/mol. The van der Waals surface area contributed by atoms with Gasteiger partial charge in [-0.15, -0.1) is 0 Å². The number of carbonyl (C=O) groups is 1. The molecule has 1 aromatic rings. The number of Topliss-reactive ketones (excluding diaryl/α,β-unsaturated/α-hetero) is 1. The van der Waals surface area contributed by atoms with E-state index in [9.17, 15) is 4.79 Å². The van der Waals surface area contributed by atoms with E-state index in [4.69, 9.17) is 9.47 Å². The van der Waals surface area contributed by atoms with Crippen molar-refractivity contribution < 1.29 is 14.3 Å². The molecule has 3 saturated carbocycles. The SMILES string of the molecule is CN(C)c1ccc(C2C[C@@]3(C)C(=O)CC[C@H]3C3CCC4CC5(CCC4=C23)OCCO5)cc1. The van der Waals surface area contributed by atoms with E-state index in [1.807, 2.05) is 0 Å². The van der Waals surface area contributed by atoms with Gasteiger partial charge in [-0.1, -0.05) is 30.2 Å². The predicted octanol–water partition coefficient (Wildman–Crippen LogP) is 5.48. The van der Waals surface area contributed by atoms with Crippen LogP contribution in [0, 0.1) is 23.2 Å². The third-order valence-electron chi connectivity index (χ3n) is 9.67. The Morgan fingerprint density at radius 2 is 1.72 bits per heavy atom. The summed E-state index contributed by atoms with van der Waals surface area (Å²) in [7, 11) is 4.19. The second kappa shape index (κ2) is 7.43. The minimum atomic E-state index is -0.322. The number of fused-ring (bicyclic) bond motifs is 4. The van der Waals surface area contributed by atoms with Gasteiger partial charge in [-0.05, 0) is 67.6 Å². The van der Waals surface area contributed by atoms with E-state index < -0.39 is 0 Å². The molecule has 4 heteroatoms. The van der Waals surface area contributed by atoms with Crippen LogP contribution in [0.2, 0.25) is 0 Å². The molecule has 1 heterocycles. The van der Waals surface area contributed by atoms with Crippen LogP contribution in [-0.2, 0) is 14.3 Å². The Morgan fingerprint density at radius 1 is 0.969 bits per heavy atom. The van der Waals surface area contributed by atoms with Crippen LogP contribution >= 0.6 is 0 Å². The first-order chi connectivity index (χ1) is 15.4. The standard InChI is InChI=1S/C28H37NO3/c1-27-17-23(18-4-7-20(8-5-18)29(2)3)26-21-12-13-28(31-14-15-32-28)16-19(21)6-9-22(26)24(27)10-11-25(27)30/h4-5,7-8,19,22-24H,6,9-17H2,1-3H3/t19?,22?,23?,24-,27+/m0/s1. The van der Waals surface area contributed by atoms with E-state index in [2.05, 4.69) is 50.2 Å². The van der Waals surface area contributed by atoms with Gasteiger partial charge in [-0.2, -0.15) is 0 Å². The van der Waals surface area contributed by atoms with Crippen LogP contribution in [-0.4, -0.2) is 38.9 Å². The summed E-state index contributed by atoms with van der Waals surface area (Å²) in [6, 6.07) is 9.14. The van der Waals surface area contributed by atoms with Crippen molar-refractivity contribution in [3.8, 4) is 0 Å². The van der Waals surface area contributed by atoms with Gasteiger partial charge in [0, 0.05) is 50.4 Å². The summed E-state index contributed by atoms with van der Waals surface area (Å²) in [6.07, 6.45) is 8.40. The molecule has 1 aromatic carbocycles. The summed E-state index contributed by atoms with van der Waals surface area (Å²) in [6.45, 7) is 3.77. The molecule has 0 radical (unpaired) electrons. The maximum Gasteiger partial charge on any atom is 0.169 e. The van der Waals surface area contributed by atoms with Crippen molar-refractivity contribution in [2.75, 3.05) is 32.2 Å². The van der Waals surface area contributed by atoms with Crippen LogP contribution in [0.1, 0.15) is 69.8 Å². The van der Waals surface area contributed by atoms with Gasteiger partial charge < -0.3 is 14.4 Å². The summed E-state index contributed by atoms with van der Waals surface area (Å²) in [5.41, 5.74) is 5.89. The lowest BCUT2D eigenvalue weighted by Gasteiger charge is -2.52. The number of rotatable bonds is 2. The molecule has 4 aliphatic carbocycles. The zero-order valence-corrected chi connectivity index (χ0v) is 19.9. The molecule has 32 heavy (non-hydrogen) atoms. The quantitative estimate of drug-likeness (QED) is 0.577. The van der Waals surface area contributed by atoms with Crippen molar-refractivity contribution in [3.63, 3.8) is 0 Å². The van der Waals surface area contributed by atoms with E-state index in [-0.39, 0.29) is 11.2 Å². The van der Waals surface area contributed by atoms with Gasteiger partial charge in [0.05, 0.1) is 13.2 Å². The topological polar surface area (TPSA) is 38.8 Å².